The number of unbranched alkanes of at least 4 members (excludes halogenated alkanes) is 14. The van der Waals surface area contributed by atoms with E-state index in [1.54, 1.807) is 12.1 Å². The van der Waals surface area contributed by atoms with Gasteiger partial charge in [0.2, 0.25) is 10.0 Å². The Balaban J connectivity index is 1.62. The summed E-state index contributed by atoms with van der Waals surface area (Å²) in [6.45, 7) is 3.28. The molecule has 316 valence electrons. The highest BCUT2D eigenvalue weighted by atomic mass is 32.2. The third-order valence-electron chi connectivity index (χ3n) is 9.40. The third-order valence-corrected chi connectivity index (χ3v) is 11.9. The SMILES string of the molecule is CCCCCCCCCC(=O)O[C@H](COCCCCCCCCCCCNS(=O)(=O)c1cccc2c(N(C)C)cccc12)COP(=O)([O-])OCC[N+](C)(C)C. The van der Waals surface area contributed by atoms with Crippen molar-refractivity contribution in [2.75, 3.05) is 79.7 Å². The van der Waals surface area contributed by atoms with E-state index in [-0.39, 0.29) is 32.2 Å². The predicted molar refractivity (Wildman–Crippen MR) is 221 cm³/mol. The minimum absolute atomic E-state index is 0.00101. The fraction of sp³-hybridized carbons (Fsp3) is 0.732. The highest BCUT2D eigenvalue weighted by Gasteiger charge is 2.21. The number of fused-ring (bicyclic) bond motifs is 1. The summed E-state index contributed by atoms with van der Waals surface area (Å²) in [5.41, 5.74) is 0.982. The summed E-state index contributed by atoms with van der Waals surface area (Å²) in [5.74, 6) is -0.376. The van der Waals surface area contributed by atoms with Crippen molar-refractivity contribution in [1.82, 2.24) is 4.72 Å². The summed E-state index contributed by atoms with van der Waals surface area (Å²) < 4.78 is 63.4. The first-order valence-corrected chi connectivity index (χ1v) is 23.5. The number of esters is 1. The van der Waals surface area contributed by atoms with Gasteiger partial charge in [-0.15, -0.1) is 0 Å². The number of benzene rings is 2. The molecule has 2 aromatic rings. The van der Waals surface area contributed by atoms with E-state index in [0.717, 1.165) is 93.5 Å². The molecule has 0 saturated carbocycles. The van der Waals surface area contributed by atoms with E-state index in [9.17, 15) is 22.7 Å². The zero-order valence-electron chi connectivity index (χ0n) is 34.7. The number of carbonyl (C=O) groups excluding carboxylic acids is 1. The maximum absolute atomic E-state index is 13.1. The van der Waals surface area contributed by atoms with Gasteiger partial charge in [-0.05, 0) is 31.4 Å². The average molecular weight is 814 g/mol. The molecule has 1 N–H and O–H groups in total. The number of sulfonamides is 1. The monoisotopic (exact) mass is 813 g/mol. The minimum atomic E-state index is -4.55. The molecule has 0 aliphatic heterocycles. The van der Waals surface area contributed by atoms with Gasteiger partial charge in [0, 0.05) is 50.1 Å². The summed E-state index contributed by atoms with van der Waals surface area (Å²) in [7, 11) is 1.55. The maximum atomic E-state index is 13.1. The Morgan fingerprint density at radius 2 is 1.36 bits per heavy atom. The topological polar surface area (TPSA) is 144 Å². The molecule has 12 nitrogen and oxygen atoms in total. The highest BCUT2D eigenvalue weighted by Crippen LogP contribution is 2.38. The Hall–Kier alpha value is -2.09. The van der Waals surface area contributed by atoms with Crippen molar-refractivity contribution >= 4 is 40.3 Å². The van der Waals surface area contributed by atoms with Gasteiger partial charge >= 0.3 is 5.97 Å². The Morgan fingerprint density at radius 3 is 2.00 bits per heavy atom. The molecule has 0 bridgehead atoms. The first-order valence-electron chi connectivity index (χ1n) is 20.5. The Morgan fingerprint density at radius 1 is 0.782 bits per heavy atom. The maximum Gasteiger partial charge on any atom is 0.306 e. The van der Waals surface area contributed by atoms with E-state index in [4.69, 9.17) is 18.5 Å². The van der Waals surface area contributed by atoms with Crippen LogP contribution in [0.3, 0.4) is 0 Å². The smallest absolute Gasteiger partial charge is 0.306 e. The number of hydrogen-bond acceptors (Lipinski definition) is 10. The van der Waals surface area contributed by atoms with Crippen molar-refractivity contribution in [3.63, 3.8) is 0 Å². The average Bonchev–Trinajstić information content (AvgIpc) is 3.12. The molecular weight excluding hydrogens is 742 g/mol. The number of quaternary nitrogens is 1. The Labute approximate surface area is 332 Å². The molecule has 0 aliphatic carbocycles. The zero-order chi connectivity index (χ0) is 40.6. The number of hydrogen-bond donors (Lipinski definition) is 1. The van der Waals surface area contributed by atoms with Gasteiger partial charge in [-0.1, -0.05) is 115 Å². The van der Waals surface area contributed by atoms with Crippen LogP contribution in [0.5, 0.6) is 0 Å². The second-order valence-electron chi connectivity index (χ2n) is 15.8. The molecule has 0 heterocycles. The first kappa shape index (κ1) is 49.1. The van der Waals surface area contributed by atoms with Crippen LogP contribution in [-0.4, -0.2) is 99.7 Å². The Bertz CT molecular complexity index is 1520. The number of likely N-dealkylation sites (N-methyl/N-ethyl adjacent to an activating group) is 1. The molecule has 0 saturated heterocycles. The van der Waals surface area contributed by atoms with Gasteiger partial charge < -0.3 is 32.8 Å². The summed E-state index contributed by atoms with van der Waals surface area (Å²) in [5, 5.41) is 1.64. The highest BCUT2D eigenvalue weighted by molar-refractivity contribution is 7.89. The van der Waals surface area contributed by atoms with Crippen LogP contribution in [0.4, 0.5) is 5.69 Å². The van der Waals surface area contributed by atoms with Crippen LogP contribution in [0.2, 0.25) is 0 Å². The largest absolute Gasteiger partial charge is 0.756 e. The van der Waals surface area contributed by atoms with Crippen LogP contribution >= 0.6 is 7.82 Å². The van der Waals surface area contributed by atoms with Crippen molar-refractivity contribution in [3.05, 3.63) is 36.4 Å². The fourth-order valence-corrected chi connectivity index (χ4v) is 8.20. The van der Waals surface area contributed by atoms with Gasteiger partial charge in [-0.3, -0.25) is 9.36 Å². The van der Waals surface area contributed by atoms with Crippen LogP contribution in [0.1, 0.15) is 116 Å². The number of ether oxygens (including phenoxy) is 2. The lowest BCUT2D eigenvalue weighted by atomic mass is 10.1. The predicted octanol–water partition coefficient (Wildman–Crippen LogP) is 7.97. The molecule has 2 atom stereocenters. The molecule has 0 aromatic heterocycles. The van der Waals surface area contributed by atoms with Crippen LogP contribution < -0.4 is 14.5 Å². The molecule has 55 heavy (non-hydrogen) atoms. The van der Waals surface area contributed by atoms with E-state index in [1.807, 2.05) is 64.4 Å². The van der Waals surface area contributed by atoms with Crippen LogP contribution in [-0.2, 0) is 37.9 Å². The molecule has 2 rings (SSSR count). The Kier molecular flexibility index (Phi) is 23.9. The van der Waals surface area contributed by atoms with Gasteiger partial charge in [0.25, 0.3) is 7.82 Å². The van der Waals surface area contributed by atoms with E-state index < -0.39 is 23.9 Å². The lowest BCUT2D eigenvalue weighted by Crippen LogP contribution is -2.37. The van der Waals surface area contributed by atoms with Gasteiger partial charge in [0.1, 0.15) is 19.3 Å². The molecule has 0 spiro atoms. The lowest BCUT2D eigenvalue weighted by Gasteiger charge is -2.28. The van der Waals surface area contributed by atoms with Crippen molar-refractivity contribution in [3.8, 4) is 0 Å². The number of rotatable bonds is 33. The van der Waals surface area contributed by atoms with Crippen molar-refractivity contribution < 1.29 is 45.7 Å². The quantitative estimate of drug-likeness (QED) is 0.0326. The summed E-state index contributed by atoms with van der Waals surface area (Å²) in [6, 6.07) is 11.2. The minimum Gasteiger partial charge on any atom is -0.756 e. The number of nitrogens with zero attached hydrogens (tertiary/aromatic N) is 2. The van der Waals surface area contributed by atoms with Crippen molar-refractivity contribution in [2.45, 2.75) is 127 Å². The molecule has 0 fully saturated rings. The van der Waals surface area contributed by atoms with Crippen LogP contribution in [0, 0.1) is 0 Å². The van der Waals surface area contributed by atoms with E-state index >= 15 is 0 Å². The zero-order valence-corrected chi connectivity index (χ0v) is 36.4. The number of anilines is 1. The van der Waals surface area contributed by atoms with Crippen LogP contribution in [0.25, 0.3) is 10.8 Å². The molecule has 2 aromatic carbocycles. The third kappa shape index (κ3) is 21.9. The summed E-state index contributed by atoms with van der Waals surface area (Å²) in [4.78, 5) is 27.2. The second kappa shape index (κ2) is 26.8. The lowest BCUT2D eigenvalue weighted by molar-refractivity contribution is -0.870. The standard InChI is InChI=1S/C41H72N3O9PS/c1-7-8-9-10-14-17-20-29-41(45)53-36(35-52-54(46,47)51-33-31-44(4,5)6)34-50-32-22-19-16-13-11-12-15-18-21-30-42-55(48,49)40-28-24-25-37-38(40)26-23-27-39(37)43(2)3/h23-28,36,42H,7-22,29-35H2,1-6H3/t36-/m1/s1. The van der Waals surface area contributed by atoms with E-state index in [1.165, 1.54) is 25.7 Å². The molecule has 14 heteroatoms. The van der Waals surface area contributed by atoms with Gasteiger partial charge in [0.15, 0.2) is 0 Å². The second-order valence-corrected chi connectivity index (χ2v) is 18.9. The van der Waals surface area contributed by atoms with E-state index in [2.05, 4.69) is 11.6 Å². The molecule has 0 aliphatic rings. The molecular formula is C41H72N3O9PS. The molecule has 0 radical (unpaired) electrons. The fourth-order valence-electron chi connectivity index (χ4n) is 6.18. The van der Waals surface area contributed by atoms with Gasteiger partial charge in [0.05, 0.1) is 39.3 Å². The number of nitrogens with one attached hydrogen (secondary N) is 1. The van der Waals surface area contributed by atoms with Crippen LogP contribution in [0.15, 0.2) is 41.3 Å². The first-order chi connectivity index (χ1) is 26.1. The van der Waals surface area contributed by atoms with Crippen molar-refractivity contribution in [2.24, 2.45) is 0 Å². The van der Waals surface area contributed by atoms with Gasteiger partial charge in [-0.2, -0.15) is 0 Å². The summed E-state index contributed by atoms with van der Waals surface area (Å²) >= 11 is 0. The van der Waals surface area contributed by atoms with Gasteiger partial charge in [-0.25, -0.2) is 13.1 Å². The van der Waals surface area contributed by atoms with Crippen molar-refractivity contribution in [1.29, 1.82) is 0 Å². The number of carbonyl (C=O) groups is 1. The number of phosphoric acid groups is 1. The van der Waals surface area contributed by atoms with E-state index in [0.29, 0.717) is 29.1 Å². The number of phosphoric ester groups is 1. The summed E-state index contributed by atoms with van der Waals surface area (Å²) in [6.07, 6.45) is 16.1. The molecule has 1 unspecified atom stereocenters. The normalized spacial score (nSPS) is 13.9. The molecule has 0 amide bonds.